The zero-order valence-electron chi connectivity index (χ0n) is 18.6. The Morgan fingerprint density at radius 2 is 1.69 bits per heavy atom. The van der Waals surface area contributed by atoms with E-state index in [-0.39, 0.29) is 18.5 Å². The van der Waals surface area contributed by atoms with Crippen molar-refractivity contribution in [2.45, 2.75) is 37.1 Å². The van der Waals surface area contributed by atoms with E-state index in [1.165, 1.54) is 0 Å². The lowest BCUT2D eigenvalue weighted by Gasteiger charge is -2.34. The third-order valence-electron chi connectivity index (χ3n) is 6.83. The van der Waals surface area contributed by atoms with Crippen molar-refractivity contribution >= 4 is 34.5 Å². The van der Waals surface area contributed by atoms with Crippen LogP contribution < -0.4 is 11.1 Å². The van der Waals surface area contributed by atoms with E-state index < -0.39 is 54.5 Å². The van der Waals surface area contributed by atoms with Crippen LogP contribution in [0.5, 0.6) is 0 Å². The summed E-state index contributed by atoms with van der Waals surface area (Å²) >= 11 is 0. The van der Waals surface area contributed by atoms with E-state index in [0.717, 1.165) is 26.9 Å². The molecule has 5 rings (SSSR count). The molecule has 0 radical (unpaired) electrons. The number of aromatic nitrogens is 1. The average molecular weight is 480 g/mol. The number of amides is 4. The Labute approximate surface area is 198 Å². The number of Topliss-reactive ketones (excluding diaryl/α,β-unsaturated/α-hetero) is 1. The van der Waals surface area contributed by atoms with Crippen LogP contribution in [0.3, 0.4) is 0 Å². The van der Waals surface area contributed by atoms with E-state index in [1.807, 2.05) is 18.2 Å². The minimum atomic E-state index is -2.85. The van der Waals surface area contributed by atoms with Gasteiger partial charge >= 0.3 is 6.03 Å². The number of nitrogens with one attached hydrogen (secondary N) is 2. The number of nitrogens with two attached hydrogens (primary N) is 1. The monoisotopic (exact) mass is 480 g/mol. The first-order valence-corrected chi connectivity index (χ1v) is 11.2. The summed E-state index contributed by atoms with van der Waals surface area (Å²) in [5.41, 5.74) is 6.95. The Balaban J connectivity index is 1.33. The average Bonchev–Trinajstić information content (AvgIpc) is 3.37. The molecule has 2 fully saturated rings. The number of carbonyl (C=O) groups excluding carboxylic acids is 4. The summed E-state index contributed by atoms with van der Waals surface area (Å²) in [6, 6.07) is 13.1. The molecule has 3 aromatic rings. The molecular formula is C25H22F2N4O4. The van der Waals surface area contributed by atoms with E-state index in [0.29, 0.717) is 5.56 Å². The van der Waals surface area contributed by atoms with E-state index in [2.05, 4.69) is 10.3 Å². The van der Waals surface area contributed by atoms with Gasteiger partial charge in [0.1, 0.15) is 11.2 Å². The molecule has 4 N–H and O–H groups in total. The molecule has 8 nitrogen and oxygen atoms in total. The number of H-pyrrole nitrogens is 1. The number of rotatable bonds is 5. The van der Waals surface area contributed by atoms with Gasteiger partial charge in [0.15, 0.2) is 5.78 Å². The Morgan fingerprint density at radius 3 is 2.34 bits per heavy atom. The minimum Gasteiger partial charge on any atom is -0.364 e. The molecule has 2 aromatic carbocycles. The number of halogens is 2. The zero-order chi connectivity index (χ0) is 25.0. The molecule has 180 valence electrons. The topological polar surface area (TPSA) is 125 Å². The van der Waals surface area contributed by atoms with Crippen molar-refractivity contribution in [2.24, 2.45) is 5.73 Å². The van der Waals surface area contributed by atoms with Crippen LogP contribution in [0, 0.1) is 0 Å². The molecule has 1 aliphatic carbocycles. The van der Waals surface area contributed by atoms with Gasteiger partial charge < -0.3 is 16.0 Å². The minimum absolute atomic E-state index is 0.161. The Morgan fingerprint density at radius 1 is 1.00 bits per heavy atom. The molecule has 1 spiro atoms. The summed E-state index contributed by atoms with van der Waals surface area (Å²) < 4.78 is 27.1. The highest BCUT2D eigenvalue weighted by atomic mass is 19.3. The van der Waals surface area contributed by atoms with E-state index in [1.54, 1.807) is 30.3 Å². The molecule has 1 aliphatic heterocycles. The normalized spacial score (nSPS) is 18.7. The zero-order valence-corrected chi connectivity index (χ0v) is 18.6. The van der Waals surface area contributed by atoms with Crippen molar-refractivity contribution in [1.82, 2.24) is 15.2 Å². The number of primary amides is 1. The molecule has 0 unspecified atom stereocenters. The van der Waals surface area contributed by atoms with Gasteiger partial charge in [-0.15, -0.1) is 0 Å². The van der Waals surface area contributed by atoms with E-state index in [4.69, 9.17) is 5.73 Å². The standard InChI is InChI=1S/C25H22F2N4O4/c26-25(27)10-8-24(9-11-25)22(34)31(23(35)30-24)13-20(32)15-6-4-14(5-7-15)16-2-1-3-18-17(16)12-19(29-18)21(28)33/h1-7,12,29H,8-11,13H2,(H2,28,33)(H,30,35). The van der Waals surface area contributed by atoms with Crippen LogP contribution in [-0.2, 0) is 4.79 Å². The predicted octanol–water partition coefficient (Wildman–Crippen LogP) is 3.62. The van der Waals surface area contributed by atoms with Gasteiger partial charge in [-0.05, 0) is 36.1 Å². The first-order valence-electron chi connectivity index (χ1n) is 11.2. The summed E-state index contributed by atoms with van der Waals surface area (Å²) in [6.07, 6.45) is -1.30. The Bertz CT molecular complexity index is 1370. The van der Waals surface area contributed by atoms with E-state index in [9.17, 15) is 28.0 Å². The van der Waals surface area contributed by atoms with Gasteiger partial charge in [-0.3, -0.25) is 19.3 Å². The maximum absolute atomic E-state index is 13.6. The Kier molecular flexibility index (Phi) is 5.19. The lowest BCUT2D eigenvalue weighted by molar-refractivity contribution is -0.135. The molecule has 1 aromatic heterocycles. The number of aromatic amines is 1. The van der Waals surface area contributed by atoms with Crippen molar-refractivity contribution in [3.05, 3.63) is 59.8 Å². The van der Waals surface area contributed by atoms with Crippen molar-refractivity contribution < 1.29 is 28.0 Å². The molecule has 1 saturated heterocycles. The highest BCUT2D eigenvalue weighted by Crippen LogP contribution is 2.41. The number of nitrogens with zero attached hydrogens (tertiary/aromatic N) is 1. The van der Waals surface area contributed by atoms with Crippen molar-refractivity contribution in [1.29, 1.82) is 0 Å². The number of benzene rings is 2. The second kappa shape index (κ2) is 8.00. The first-order chi connectivity index (χ1) is 16.6. The van der Waals surface area contributed by atoms with Crippen LogP contribution in [0.4, 0.5) is 13.6 Å². The van der Waals surface area contributed by atoms with Gasteiger partial charge in [0.05, 0.1) is 6.54 Å². The first kappa shape index (κ1) is 22.7. The van der Waals surface area contributed by atoms with Crippen LogP contribution in [0.2, 0.25) is 0 Å². The fourth-order valence-corrected chi connectivity index (χ4v) is 4.81. The van der Waals surface area contributed by atoms with Gasteiger partial charge in [-0.1, -0.05) is 36.4 Å². The van der Waals surface area contributed by atoms with Crippen LogP contribution in [0.1, 0.15) is 46.5 Å². The largest absolute Gasteiger partial charge is 0.364 e. The molecule has 1 saturated carbocycles. The summed E-state index contributed by atoms with van der Waals surface area (Å²) in [4.78, 5) is 53.5. The third-order valence-corrected chi connectivity index (χ3v) is 6.83. The van der Waals surface area contributed by atoms with E-state index >= 15 is 0 Å². The van der Waals surface area contributed by atoms with Crippen LogP contribution in [-0.4, -0.2) is 51.5 Å². The fourth-order valence-electron chi connectivity index (χ4n) is 4.81. The summed E-state index contributed by atoms with van der Waals surface area (Å²) in [6.45, 7) is -0.475. The van der Waals surface area contributed by atoms with Gasteiger partial charge in [-0.2, -0.15) is 0 Å². The second-order valence-corrected chi connectivity index (χ2v) is 9.07. The number of hydrogen-bond acceptors (Lipinski definition) is 4. The van der Waals surface area contributed by atoms with Gasteiger partial charge in [0.2, 0.25) is 5.92 Å². The highest BCUT2D eigenvalue weighted by Gasteiger charge is 2.55. The molecule has 0 bridgehead atoms. The fraction of sp³-hybridized carbons (Fsp3) is 0.280. The third kappa shape index (κ3) is 3.94. The summed E-state index contributed by atoms with van der Waals surface area (Å²) in [5, 5.41) is 3.33. The van der Waals surface area contributed by atoms with Crippen LogP contribution in [0.25, 0.3) is 22.0 Å². The molecule has 2 heterocycles. The molecule has 0 atom stereocenters. The number of carbonyl (C=O) groups is 4. The maximum atomic E-state index is 13.6. The lowest BCUT2D eigenvalue weighted by atomic mass is 9.80. The quantitative estimate of drug-likeness (QED) is 0.381. The maximum Gasteiger partial charge on any atom is 0.325 e. The predicted molar refractivity (Wildman–Crippen MR) is 123 cm³/mol. The van der Waals surface area contributed by atoms with Crippen LogP contribution >= 0.6 is 0 Å². The van der Waals surface area contributed by atoms with Gasteiger partial charge in [-0.25, -0.2) is 13.6 Å². The summed E-state index contributed by atoms with van der Waals surface area (Å²) in [5.74, 6) is -4.51. The number of alkyl halides is 2. The second-order valence-electron chi connectivity index (χ2n) is 9.07. The number of hydrogen-bond donors (Lipinski definition) is 3. The number of urea groups is 1. The smallest absolute Gasteiger partial charge is 0.325 e. The van der Waals surface area contributed by atoms with Crippen molar-refractivity contribution in [3.8, 4) is 11.1 Å². The SMILES string of the molecule is NC(=O)c1cc2c(-c3ccc(C(=O)CN4C(=O)NC5(CCC(F)(F)CC5)C4=O)cc3)cccc2[nH]1. The number of ketones is 1. The Hall–Kier alpha value is -4.08. The number of imide groups is 1. The molecular weight excluding hydrogens is 458 g/mol. The highest BCUT2D eigenvalue weighted by molar-refractivity contribution is 6.11. The molecule has 10 heteroatoms. The summed E-state index contributed by atoms with van der Waals surface area (Å²) in [7, 11) is 0. The van der Waals surface area contributed by atoms with Gasteiger partial charge in [0.25, 0.3) is 11.8 Å². The molecule has 2 aliphatic rings. The number of fused-ring (bicyclic) bond motifs is 1. The van der Waals surface area contributed by atoms with Gasteiger partial charge in [0, 0.05) is 29.3 Å². The van der Waals surface area contributed by atoms with Crippen molar-refractivity contribution in [3.63, 3.8) is 0 Å². The van der Waals surface area contributed by atoms with Crippen molar-refractivity contribution in [2.75, 3.05) is 6.54 Å². The van der Waals surface area contributed by atoms with Crippen LogP contribution in [0.15, 0.2) is 48.5 Å². The molecule has 35 heavy (non-hydrogen) atoms. The molecule has 4 amide bonds. The lowest BCUT2D eigenvalue weighted by Crippen LogP contribution is -2.51.